The first kappa shape index (κ1) is 15.6. The fourth-order valence-electron chi connectivity index (χ4n) is 3.21. The monoisotopic (exact) mass is 292 g/mol. The number of hydrogen-bond acceptors (Lipinski definition) is 3. The lowest BCUT2D eigenvalue weighted by Gasteiger charge is -2.35. The van der Waals surface area contributed by atoms with Gasteiger partial charge in [-0.05, 0) is 45.1 Å². The highest BCUT2D eigenvalue weighted by Gasteiger charge is 2.30. The molecule has 1 N–H and O–H groups in total. The summed E-state index contributed by atoms with van der Waals surface area (Å²) in [5, 5.41) is 0. The fraction of sp³-hybridized carbons (Fsp3) is 0.625. The van der Waals surface area contributed by atoms with E-state index in [1.54, 1.807) is 13.8 Å². The molecule has 1 saturated heterocycles. The van der Waals surface area contributed by atoms with Gasteiger partial charge in [0.25, 0.3) is 5.91 Å². The van der Waals surface area contributed by atoms with Crippen LogP contribution in [-0.2, 0) is 4.74 Å². The third-order valence-corrected chi connectivity index (χ3v) is 4.40. The number of H-pyrrole nitrogens is 1. The van der Waals surface area contributed by atoms with Crippen molar-refractivity contribution in [2.75, 3.05) is 13.7 Å². The van der Waals surface area contributed by atoms with E-state index in [0.717, 1.165) is 25.8 Å². The number of amides is 1. The number of aromatic amines is 1. The number of ether oxygens (including phenoxy) is 1. The van der Waals surface area contributed by atoms with Crippen molar-refractivity contribution in [3.63, 3.8) is 0 Å². The molecular weight excluding hydrogens is 268 g/mol. The van der Waals surface area contributed by atoms with E-state index in [1.807, 2.05) is 4.90 Å². The highest BCUT2D eigenvalue weighted by Crippen LogP contribution is 2.25. The van der Waals surface area contributed by atoms with E-state index in [1.165, 1.54) is 13.5 Å². The summed E-state index contributed by atoms with van der Waals surface area (Å²) in [7, 11) is 1.35. The van der Waals surface area contributed by atoms with Crippen LogP contribution in [-0.4, -0.2) is 41.5 Å². The van der Waals surface area contributed by atoms with Gasteiger partial charge in [-0.25, -0.2) is 4.79 Å². The molecule has 5 heteroatoms. The van der Waals surface area contributed by atoms with E-state index >= 15 is 0 Å². The number of carbonyl (C=O) groups is 2. The Hall–Kier alpha value is -1.78. The largest absolute Gasteiger partial charge is 0.465 e. The molecule has 1 aliphatic rings. The quantitative estimate of drug-likeness (QED) is 0.871. The Bertz CT molecular complexity index is 548. The highest BCUT2D eigenvalue weighted by molar-refractivity contribution is 6.00. The standard InChI is InChI=1S/C16H24N2O3/c1-5-12-8-6-7-9-18(12)15(19)14-10(2)13(11(3)17-14)16(20)21-4/h12,17H,5-9H2,1-4H3. The molecule has 2 rings (SSSR count). The van der Waals surface area contributed by atoms with Crippen LogP contribution in [0.3, 0.4) is 0 Å². The van der Waals surface area contributed by atoms with E-state index in [4.69, 9.17) is 4.74 Å². The van der Waals surface area contributed by atoms with Gasteiger partial charge in [-0.3, -0.25) is 4.79 Å². The zero-order chi connectivity index (χ0) is 15.6. The second-order valence-corrected chi connectivity index (χ2v) is 5.67. The molecule has 5 nitrogen and oxygen atoms in total. The second kappa shape index (κ2) is 6.33. The minimum Gasteiger partial charge on any atom is -0.465 e. The molecule has 116 valence electrons. The van der Waals surface area contributed by atoms with E-state index in [2.05, 4.69) is 11.9 Å². The predicted octanol–water partition coefficient (Wildman–Crippen LogP) is 2.82. The first-order chi connectivity index (χ1) is 10.0. The molecule has 0 aromatic carbocycles. The Balaban J connectivity index is 2.33. The summed E-state index contributed by atoms with van der Waals surface area (Å²) in [5.74, 6) is -0.400. The molecule has 21 heavy (non-hydrogen) atoms. The SMILES string of the molecule is CCC1CCCCN1C(=O)c1[nH]c(C)c(C(=O)OC)c1C. The van der Waals surface area contributed by atoms with E-state index in [0.29, 0.717) is 28.6 Å². The van der Waals surface area contributed by atoms with Crippen molar-refractivity contribution in [3.8, 4) is 0 Å². The van der Waals surface area contributed by atoms with Crippen molar-refractivity contribution in [3.05, 3.63) is 22.5 Å². The van der Waals surface area contributed by atoms with Gasteiger partial charge in [0.1, 0.15) is 5.69 Å². The van der Waals surface area contributed by atoms with Crippen LogP contribution >= 0.6 is 0 Å². The Kier molecular flexibility index (Phi) is 4.70. The molecular formula is C16H24N2O3. The number of aryl methyl sites for hydroxylation is 1. The average molecular weight is 292 g/mol. The fourth-order valence-corrected chi connectivity index (χ4v) is 3.21. The van der Waals surface area contributed by atoms with Gasteiger partial charge in [0.15, 0.2) is 0 Å². The van der Waals surface area contributed by atoms with Crippen LogP contribution in [0.4, 0.5) is 0 Å². The first-order valence-electron chi connectivity index (χ1n) is 7.59. The Morgan fingerprint density at radius 3 is 2.67 bits per heavy atom. The first-order valence-corrected chi connectivity index (χ1v) is 7.59. The maximum Gasteiger partial charge on any atom is 0.339 e. The van der Waals surface area contributed by atoms with Crippen molar-refractivity contribution in [2.45, 2.75) is 52.5 Å². The molecule has 0 saturated carbocycles. The summed E-state index contributed by atoms with van der Waals surface area (Å²) in [4.78, 5) is 29.7. The number of likely N-dealkylation sites (tertiary alicyclic amines) is 1. The van der Waals surface area contributed by atoms with Crippen LogP contribution in [0.1, 0.15) is 64.7 Å². The average Bonchev–Trinajstić information content (AvgIpc) is 2.80. The molecule has 1 unspecified atom stereocenters. The van der Waals surface area contributed by atoms with E-state index in [9.17, 15) is 9.59 Å². The molecule has 1 fully saturated rings. The maximum absolute atomic E-state index is 12.8. The normalized spacial score (nSPS) is 18.7. The number of piperidine rings is 1. The number of hydrogen-bond donors (Lipinski definition) is 1. The molecule has 0 bridgehead atoms. The third kappa shape index (κ3) is 2.82. The number of carbonyl (C=O) groups excluding carboxylic acids is 2. The van der Waals surface area contributed by atoms with Crippen molar-refractivity contribution in [1.29, 1.82) is 0 Å². The summed E-state index contributed by atoms with van der Waals surface area (Å²) >= 11 is 0. The van der Waals surface area contributed by atoms with Crippen molar-refractivity contribution in [2.24, 2.45) is 0 Å². The van der Waals surface area contributed by atoms with Gasteiger partial charge in [0, 0.05) is 18.3 Å². The smallest absolute Gasteiger partial charge is 0.339 e. The van der Waals surface area contributed by atoms with E-state index in [-0.39, 0.29) is 5.91 Å². The van der Waals surface area contributed by atoms with Gasteiger partial charge in [-0.15, -0.1) is 0 Å². The Labute approximate surface area is 125 Å². The third-order valence-electron chi connectivity index (χ3n) is 4.40. The zero-order valence-corrected chi connectivity index (χ0v) is 13.3. The molecule has 1 amide bonds. The van der Waals surface area contributed by atoms with Gasteiger partial charge in [0.05, 0.1) is 12.7 Å². The highest BCUT2D eigenvalue weighted by atomic mass is 16.5. The number of esters is 1. The molecule has 0 aliphatic carbocycles. The number of aromatic nitrogens is 1. The molecule has 2 heterocycles. The van der Waals surface area contributed by atoms with Crippen LogP contribution in [0.2, 0.25) is 0 Å². The maximum atomic E-state index is 12.8. The summed E-state index contributed by atoms with van der Waals surface area (Å²) in [5.41, 5.74) is 2.37. The van der Waals surface area contributed by atoms with E-state index < -0.39 is 5.97 Å². The molecule has 1 aromatic rings. The molecule has 1 aromatic heterocycles. The number of methoxy groups -OCH3 is 1. The van der Waals surface area contributed by atoms with Gasteiger partial charge >= 0.3 is 5.97 Å². The number of nitrogens with one attached hydrogen (secondary N) is 1. The van der Waals surface area contributed by atoms with Crippen molar-refractivity contribution >= 4 is 11.9 Å². The Morgan fingerprint density at radius 2 is 2.05 bits per heavy atom. The molecule has 1 atom stereocenters. The van der Waals surface area contributed by atoms with Crippen LogP contribution in [0.5, 0.6) is 0 Å². The topological polar surface area (TPSA) is 62.4 Å². The number of nitrogens with zero attached hydrogens (tertiary/aromatic N) is 1. The molecule has 0 radical (unpaired) electrons. The summed E-state index contributed by atoms with van der Waals surface area (Å²) < 4.78 is 4.79. The summed E-state index contributed by atoms with van der Waals surface area (Å²) in [6.07, 6.45) is 4.25. The van der Waals surface area contributed by atoms with Crippen LogP contribution in [0.15, 0.2) is 0 Å². The minimum atomic E-state index is -0.397. The van der Waals surface area contributed by atoms with Crippen LogP contribution < -0.4 is 0 Å². The van der Waals surface area contributed by atoms with Crippen LogP contribution in [0.25, 0.3) is 0 Å². The van der Waals surface area contributed by atoms with Gasteiger partial charge in [-0.2, -0.15) is 0 Å². The Morgan fingerprint density at radius 1 is 1.33 bits per heavy atom. The zero-order valence-electron chi connectivity index (χ0n) is 13.3. The minimum absolute atomic E-state index is 0.00250. The summed E-state index contributed by atoms with van der Waals surface area (Å²) in [6.45, 7) is 6.50. The second-order valence-electron chi connectivity index (χ2n) is 5.67. The molecule has 0 spiro atoms. The van der Waals surface area contributed by atoms with Gasteiger partial charge < -0.3 is 14.6 Å². The van der Waals surface area contributed by atoms with Crippen molar-refractivity contribution in [1.82, 2.24) is 9.88 Å². The summed E-state index contributed by atoms with van der Waals surface area (Å²) in [6, 6.07) is 0.302. The van der Waals surface area contributed by atoms with Crippen molar-refractivity contribution < 1.29 is 14.3 Å². The lowest BCUT2D eigenvalue weighted by molar-refractivity contribution is 0.0598. The van der Waals surface area contributed by atoms with Crippen LogP contribution in [0, 0.1) is 13.8 Å². The molecule has 1 aliphatic heterocycles. The predicted molar refractivity (Wildman–Crippen MR) is 80.6 cm³/mol. The van der Waals surface area contributed by atoms with Gasteiger partial charge in [0.2, 0.25) is 0 Å². The van der Waals surface area contributed by atoms with Gasteiger partial charge in [-0.1, -0.05) is 6.92 Å². The number of rotatable bonds is 3. The lowest BCUT2D eigenvalue weighted by atomic mass is 9.99. The lowest BCUT2D eigenvalue weighted by Crippen LogP contribution is -2.43.